The number of nitrogens with zero attached hydrogens (tertiary/aromatic N) is 1. The lowest BCUT2D eigenvalue weighted by atomic mass is 9.98. The summed E-state index contributed by atoms with van der Waals surface area (Å²) >= 11 is 0. The third kappa shape index (κ3) is 6.61. The molecular formula is C12H25N3O2. The van der Waals surface area contributed by atoms with Crippen molar-refractivity contribution in [2.24, 2.45) is 5.92 Å². The lowest BCUT2D eigenvalue weighted by Gasteiger charge is -2.27. The number of nitrogens with one attached hydrogen (secondary N) is 2. The van der Waals surface area contributed by atoms with Gasteiger partial charge in [0.2, 0.25) is 5.91 Å². The highest BCUT2D eigenvalue weighted by Crippen LogP contribution is 2.12. The number of ether oxygens (including phenoxy) is 1. The molecule has 0 aromatic heterocycles. The standard InChI is InChI=1S/C12H25N3O2/c1-15(9-11-3-5-13-6-4-11)10-12(16)14-7-8-17-2/h11,13H,3-10H2,1-2H3,(H,14,16). The normalized spacial score (nSPS) is 17.4. The second-order valence-electron chi connectivity index (χ2n) is 4.73. The molecule has 5 heteroatoms. The Morgan fingerprint density at radius 2 is 2.18 bits per heavy atom. The van der Waals surface area contributed by atoms with Gasteiger partial charge in [-0.1, -0.05) is 0 Å². The van der Waals surface area contributed by atoms with E-state index in [9.17, 15) is 4.79 Å². The van der Waals surface area contributed by atoms with E-state index in [2.05, 4.69) is 15.5 Å². The minimum atomic E-state index is 0.0819. The van der Waals surface area contributed by atoms with Crippen LogP contribution in [0.25, 0.3) is 0 Å². The number of piperidine rings is 1. The van der Waals surface area contributed by atoms with Gasteiger partial charge in [-0.3, -0.25) is 9.69 Å². The maximum absolute atomic E-state index is 11.5. The molecule has 0 aromatic carbocycles. The molecule has 0 radical (unpaired) electrons. The predicted molar refractivity (Wildman–Crippen MR) is 68.0 cm³/mol. The summed E-state index contributed by atoms with van der Waals surface area (Å²) in [4.78, 5) is 13.7. The van der Waals surface area contributed by atoms with E-state index in [1.807, 2.05) is 7.05 Å². The van der Waals surface area contributed by atoms with E-state index in [1.165, 1.54) is 12.8 Å². The van der Waals surface area contributed by atoms with E-state index in [0.29, 0.717) is 19.7 Å². The van der Waals surface area contributed by atoms with Gasteiger partial charge in [0.25, 0.3) is 0 Å². The molecule has 0 aliphatic carbocycles. The average molecular weight is 243 g/mol. The molecule has 1 saturated heterocycles. The van der Waals surface area contributed by atoms with Crippen molar-refractivity contribution in [3.8, 4) is 0 Å². The minimum absolute atomic E-state index is 0.0819. The van der Waals surface area contributed by atoms with E-state index in [0.717, 1.165) is 25.6 Å². The van der Waals surface area contributed by atoms with E-state index >= 15 is 0 Å². The van der Waals surface area contributed by atoms with Crippen LogP contribution in [0, 0.1) is 5.92 Å². The second kappa shape index (κ2) is 8.44. The highest BCUT2D eigenvalue weighted by molar-refractivity contribution is 5.77. The van der Waals surface area contributed by atoms with Gasteiger partial charge in [-0.15, -0.1) is 0 Å². The number of rotatable bonds is 7. The Labute approximate surface area is 104 Å². The fourth-order valence-corrected chi connectivity index (χ4v) is 2.16. The molecule has 1 heterocycles. The third-order valence-electron chi connectivity index (χ3n) is 3.07. The maximum atomic E-state index is 11.5. The van der Waals surface area contributed by atoms with Gasteiger partial charge in [-0.25, -0.2) is 0 Å². The van der Waals surface area contributed by atoms with Crippen molar-refractivity contribution in [3.63, 3.8) is 0 Å². The van der Waals surface area contributed by atoms with Crippen LogP contribution < -0.4 is 10.6 Å². The van der Waals surface area contributed by atoms with Crippen molar-refractivity contribution in [1.82, 2.24) is 15.5 Å². The number of amides is 1. The highest BCUT2D eigenvalue weighted by Gasteiger charge is 2.16. The Kier molecular flexibility index (Phi) is 7.16. The van der Waals surface area contributed by atoms with Crippen LogP contribution in [0.2, 0.25) is 0 Å². The molecule has 1 rings (SSSR count). The molecule has 1 fully saturated rings. The maximum Gasteiger partial charge on any atom is 0.234 e. The Balaban J connectivity index is 2.10. The summed E-state index contributed by atoms with van der Waals surface area (Å²) in [6.07, 6.45) is 2.44. The molecule has 5 nitrogen and oxygen atoms in total. The molecule has 100 valence electrons. The fraction of sp³-hybridized carbons (Fsp3) is 0.917. The summed E-state index contributed by atoms with van der Waals surface area (Å²) in [5, 5.41) is 6.19. The van der Waals surface area contributed by atoms with Crippen LogP contribution in [0.3, 0.4) is 0 Å². The summed E-state index contributed by atoms with van der Waals surface area (Å²) in [5.41, 5.74) is 0. The topological polar surface area (TPSA) is 53.6 Å². The van der Waals surface area contributed by atoms with Crippen LogP contribution in [0.1, 0.15) is 12.8 Å². The van der Waals surface area contributed by atoms with Crippen LogP contribution in [-0.2, 0) is 9.53 Å². The van der Waals surface area contributed by atoms with Crippen molar-refractivity contribution >= 4 is 5.91 Å². The number of carbonyl (C=O) groups excluding carboxylic acids is 1. The summed E-state index contributed by atoms with van der Waals surface area (Å²) in [7, 11) is 3.65. The van der Waals surface area contributed by atoms with Crippen LogP contribution in [0.4, 0.5) is 0 Å². The van der Waals surface area contributed by atoms with Crippen LogP contribution in [0.15, 0.2) is 0 Å². The Hall–Kier alpha value is -0.650. The zero-order valence-electron chi connectivity index (χ0n) is 11.0. The van der Waals surface area contributed by atoms with E-state index in [4.69, 9.17) is 4.74 Å². The molecule has 2 N–H and O–H groups in total. The fourth-order valence-electron chi connectivity index (χ4n) is 2.16. The summed E-state index contributed by atoms with van der Waals surface area (Å²) in [6.45, 7) is 4.88. The lowest BCUT2D eigenvalue weighted by Crippen LogP contribution is -2.40. The lowest BCUT2D eigenvalue weighted by molar-refractivity contribution is -0.122. The monoisotopic (exact) mass is 243 g/mol. The van der Waals surface area contributed by atoms with E-state index < -0.39 is 0 Å². The Morgan fingerprint density at radius 1 is 1.47 bits per heavy atom. The molecule has 0 bridgehead atoms. The number of likely N-dealkylation sites (N-methyl/N-ethyl adjacent to an activating group) is 1. The molecule has 1 aliphatic rings. The van der Waals surface area contributed by atoms with E-state index in [1.54, 1.807) is 7.11 Å². The number of methoxy groups -OCH3 is 1. The van der Waals surface area contributed by atoms with Gasteiger partial charge in [0.05, 0.1) is 13.2 Å². The second-order valence-corrected chi connectivity index (χ2v) is 4.73. The summed E-state index contributed by atoms with van der Waals surface area (Å²) < 4.78 is 4.88. The van der Waals surface area contributed by atoms with Crippen molar-refractivity contribution in [2.75, 3.05) is 53.5 Å². The first kappa shape index (κ1) is 14.4. The summed E-state index contributed by atoms with van der Waals surface area (Å²) in [6, 6.07) is 0. The third-order valence-corrected chi connectivity index (χ3v) is 3.07. The first-order valence-corrected chi connectivity index (χ1v) is 6.37. The van der Waals surface area contributed by atoms with Crippen molar-refractivity contribution < 1.29 is 9.53 Å². The van der Waals surface area contributed by atoms with Gasteiger partial charge in [0.1, 0.15) is 0 Å². The molecule has 0 unspecified atom stereocenters. The van der Waals surface area contributed by atoms with Crippen LogP contribution >= 0.6 is 0 Å². The van der Waals surface area contributed by atoms with Gasteiger partial charge in [0.15, 0.2) is 0 Å². The minimum Gasteiger partial charge on any atom is -0.383 e. The largest absolute Gasteiger partial charge is 0.383 e. The highest BCUT2D eigenvalue weighted by atomic mass is 16.5. The van der Waals surface area contributed by atoms with Crippen LogP contribution in [0.5, 0.6) is 0 Å². The van der Waals surface area contributed by atoms with Gasteiger partial charge in [0, 0.05) is 20.2 Å². The zero-order chi connectivity index (χ0) is 12.5. The van der Waals surface area contributed by atoms with Gasteiger partial charge in [-0.05, 0) is 38.9 Å². The van der Waals surface area contributed by atoms with Gasteiger partial charge < -0.3 is 15.4 Å². The Bertz CT molecular complexity index is 218. The Morgan fingerprint density at radius 3 is 2.82 bits per heavy atom. The first-order chi connectivity index (χ1) is 8.22. The smallest absolute Gasteiger partial charge is 0.234 e. The molecule has 1 amide bonds. The van der Waals surface area contributed by atoms with Gasteiger partial charge in [-0.2, -0.15) is 0 Å². The number of hydrogen-bond acceptors (Lipinski definition) is 4. The van der Waals surface area contributed by atoms with E-state index in [-0.39, 0.29) is 5.91 Å². The zero-order valence-corrected chi connectivity index (χ0v) is 11.0. The molecule has 1 aliphatic heterocycles. The average Bonchev–Trinajstić information content (AvgIpc) is 2.30. The number of carbonyl (C=O) groups is 1. The van der Waals surface area contributed by atoms with Crippen molar-refractivity contribution in [2.45, 2.75) is 12.8 Å². The summed E-state index contributed by atoms with van der Waals surface area (Å²) in [5.74, 6) is 0.812. The van der Waals surface area contributed by atoms with Crippen LogP contribution in [-0.4, -0.2) is 64.3 Å². The first-order valence-electron chi connectivity index (χ1n) is 6.37. The molecule has 0 aromatic rings. The molecule has 0 atom stereocenters. The molecule has 17 heavy (non-hydrogen) atoms. The van der Waals surface area contributed by atoms with Crippen molar-refractivity contribution in [1.29, 1.82) is 0 Å². The van der Waals surface area contributed by atoms with Gasteiger partial charge >= 0.3 is 0 Å². The molecule has 0 saturated carbocycles. The SMILES string of the molecule is COCCNC(=O)CN(C)CC1CCNCC1. The predicted octanol–water partition coefficient (Wildman–Crippen LogP) is -0.320. The molecule has 0 spiro atoms. The molecular weight excluding hydrogens is 218 g/mol. The quantitative estimate of drug-likeness (QED) is 0.602. The number of hydrogen-bond donors (Lipinski definition) is 2. The van der Waals surface area contributed by atoms with Crippen molar-refractivity contribution in [3.05, 3.63) is 0 Å².